The molecule has 0 unspecified atom stereocenters. The lowest BCUT2D eigenvalue weighted by atomic mass is 10.2. The summed E-state index contributed by atoms with van der Waals surface area (Å²) in [5, 5.41) is -0.389. The van der Waals surface area contributed by atoms with E-state index in [0.717, 1.165) is 22.2 Å². The van der Waals surface area contributed by atoms with Crippen molar-refractivity contribution in [3.63, 3.8) is 0 Å². The minimum Gasteiger partial charge on any atom is -0.497 e. The second-order valence-corrected chi connectivity index (χ2v) is 6.29. The average Bonchev–Trinajstić information content (AvgIpc) is 2.94. The zero-order chi connectivity index (χ0) is 18.7. The molecule has 1 aliphatic heterocycles. The normalized spacial score (nSPS) is 15.5. The number of rotatable bonds is 5. The Kier molecular flexibility index (Phi) is 5.18. The van der Waals surface area contributed by atoms with Crippen LogP contribution in [0.5, 0.6) is 17.2 Å². The fraction of sp³-hybridized carbons (Fsp3) is 0.158. The molecular weight excluding hydrogens is 354 g/mol. The van der Waals surface area contributed by atoms with Crippen LogP contribution in [-0.2, 0) is 4.79 Å². The van der Waals surface area contributed by atoms with Gasteiger partial charge in [-0.25, -0.2) is 4.90 Å². The van der Waals surface area contributed by atoms with Crippen molar-refractivity contribution in [2.75, 3.05) is 26.2 Å². The Hall–Kier alpha value is -2.93. The molecule has 0 spiro atoms. The quantitative estimate of drug-likeness (QED) is 0.742. The summed E-state index contributed by atoms with van der Waals surface area (Å²) < 4.78 is 15.8. The Labute approximate surface area is 155 Å². The highest BCUT2D eigenvalue weighted by atomic mass is 32.2. The maximum absolute atomic E-state index is 12.8. The van der Waals surface area contributed by atoms with E-state index in [1.54, 1.807) is 37.5 Å². The monoisotopic (exact) mass is 371 g/mol. The van der Waals surface area contributed by atoms with E-state index in [1.807, 2.05) is 18.2 Å². The van der Waals surface area contributed by atoms with E-state index in [2.05, 4.69) is 0 Å². The third-order valence-electron chi connectivity index (χ3n) is 3.85. The molecule has 0 N–H and O–H groups in total. The maximum Gasteiger partial charge on any atom is 0.298 e. The maximum atomic E-state index is 12.8. The fourth-order valence-electron chi connectivity index (χ4n) is 2.57. The molecule has 0 atom stereocenters. The van der Waals surface area contributed by atoms with Gasteiger partial charge < -0.3 is 14.2 Å². The molecule has 26 heavy (non-hydrogen) atoms. The van der Waals surface area contributed by atoms with E-state index >= 15 is 0 Å². The third kappa shape index (κ3) is 3.25. The molecule has 134 valence electrons. The van der Waals surface area contributed by atoms with Crippen LogP contribution in [0.25, 0.3) is 6.08 Å². The molecule has 6 nitrogen and oxygen atoms in total. The Morgan fingerprint density at radius 2 is 1.65 bits per heavy atom. The third-order valence-corrected chi connectivity index (χ3v) is 4.72. The van der Waals surface area contributed by atoms with Crippen molar-refractivity contribution in [1.82, 2.24) is 0 Å². The summed E-state index contributed by atoms with van der Waals surface area (Å²) in [5.74, 6) is 1.17. The Morgan fingerprint density at radius 3 is 2.35 bits per heavy atom. The van der Waals surface area contributed by atoms with Gasteiger partial charge in [-0.2, -0.15) is 0 Å². The van der Waals surface area contributed by atoms with Crippen molar-refractivity contribution in [1.29, 1.82) is 0 Å². The number of amides is 2. The number of hydrogen-bond donors (Lipinski definition) is 0. The predicted octanol–water partition coefficient (Wildman–Crippen LogP) is 3.95. The molecule has 0 aromatic heterocycles. The number of carbonyl (C=O) groups excluding carboxylic acids is 2. The molecule has 3 rings (SSSR count). The highest BCUT2D eigenvalue weighted by molar-refractivity contribution is 8.19. The van der Waals surface area contributed by atoms with Crippen molar-refractivity contribution >= 4 is 34.7 Å². The lowest BCUT2D eigenvalue weighted by Crippen LogP contribution is -2.28. The zero-order valence-electron chi connectivity index (χ0n) is 14.5. The van der Waals surface area contributed by atoms with Gasteiger partial charge >= 0.3 is 0 Å². The molecule has 2 amide bonds. The van der Waals surface area contributed by atoms with Crippen LogP contribution in [-0.4, -0.2) is 32.5 Å². The second-order valence-electron chi connectivity index (χ2n) is 5.30. The number of carbonyl (C=O) groups is 2. The lowest BCUT2D eigenvalue weighted by Gasteiger charge is -2.17. The van der Waals surface area contributed by atoms with E-state index in [-0.39, 0.29) is 5.24 Å². The van der Waals surface area contributed by atoms with Crippen LogP contribution in [0, 0.1) is 0 Å². The Balaban J connectivity index is 1.99. The van der Waals surface area contributed by atoms with E-state index < -0.39 is 5.91 Å². The van der Waals surface area contributed by atoms with Crippen LogP contribution < -0.4 is 19.1 Å². The van der Waals surface area contributed by atoms with Crippen LogP contribution >= 0.6 is 11.8 Å². The van der Waals surface area contributed by atoms with E-state index in [1.165, 1.54) is 14.2 Å². The lowest BCUT2D eigenvalue weighted by molar-refractivity contribution is -0.113. The first-order valence-corrected chi connectivity index (χ1v) is 8.53. The molecule has 7 heteroatoms. The fourth-order valence-corrected chi connectivity index (χ4v) is 3.40. The van der Waals surface area contributed by atoms with Gasteiger partial charge in [0.15, 0.2) is 0 Å². The largest absolute Gasteiger partial charge is 0.497 e. The van der Waals surface area contributed by atoms with Gasteiger partial charge in [-0.3, -0.25) is 9.59 Å². The average molecular weight is 371 g/mol. The summed E-state index contributed by atoms with van der Waals surface area (Å²) in [6.45, 7) is 0. The molecule has 2 aromatic carbocycles. The summed E-state index contributed by atoms with van der Waals surface area (Å²) in [5.41, 5.74) is 1.10. The van der Waals surface area contributed by atoms with Gasteiger partial charge in [-0.05, 0) is 36.0 Å². The van der Waals surface area contributed by atoms with Gasteiger partial charge in [0.1, 0.15) is 17.2 Å². The molecule has 0 bridgehead atoms. The molecular formula is C19H17NO5S. The Morgan fingerprint density at radius 1 is 0.923 bits per heavy atom. The second kappa shape index (κ2) is 7.53. The molecule has 1 aliphatic rings. The summed E-state index contributed by atoms with van der Waals surface area (Å²) in [7, 11) is 4.56. The number of benzene rings is 2. The van der Waals surface area contributed by atoms with Crippen molar-refractivity contribution in [2.24, 2.45) is 0 Å². The summed E-state index contributed by atoms with van der Waals surface area (Å²) in [6.07, 6.45) is 1.65. The van der Waals surface area contributed by atoms with E-state index in [9.17, 15) is 9.59 Å². The van der Waals surface area contributed by atoms with Gasteiger partial charge in [-0.15, -0.1) is 0 Å². The summed E-state index contributed by atoms with van der Waals surface area (Å²) in [6, 6.07) is 12.2. The number of thioether (sulfide) groups is 1. The zero-order valence-corrected chi connectivity index (χ0v) is 15.3. The molecule has 0 saturated carbocycles. The summed E-state index contributed by atoms with van der Waals surface area (Å²) in [4.78, 5) is 26.7. The van der Waals surface area contributed by atoms with Crippen molar-refractivity contribution in [2.45, 2.75) is 0 Å². The van der Waals surface area contributed by atoms with E-state index in [0.29, 0.717) is 27.8 Å². The van der Waals surface area contributed by atoms with Gasteiger partial charge in [0.05, 0.1) is 31.9 Å². The molecule has 0 radical (unpaired) electrons. The number of anilines is 1. The standard InChI is InChI=1S/C19H17NO5S/c1-23-13-8-9-14(16(11-13)25-3)20-18(21)17(26-19(20)22)10-12-6-4-5-7-15(12)24-2/h4-11H,1-3H3/b17-10-. The first-order valence-electron chi connectivity index (χ1n) is 7.72. The Bertz CT molecular complexity index is 893. The van der Waals surface area contributed by atoms with Crippen LogP contribution in [0.1, 0.15) is 5.56 Å². The summed E-state index contributed by atoms with van der Waals surface area (Å²) >= 11 is 0.876. The molecule has 1 fully saturated rings. The predicted molar refractivity (Wildman–Crippen MR) is 101 cm³/mol. The van der Waals surface area contributed by atoms with Gasteiger partial charge in [0.2, 0.25) is 0 Å². The molecule has 0 aliphatic carbocycles. The van der Waals surface area contributed by atoms with Crippen molar-refractivity contribution in [3.05, 3.63) is 52.9 Å². The number of ether oxygens (including phenoxy) is 3. The molecule has 2 aromatic rings. The number of imide groups is 1. The number of nitrogens with zero attached hydrogens (tertiary/aromatic N) is 1. The van der Waals surface area contributed by atoms with Crippen molar-refractivity contribution < 1.29 is 23.8 Å². The highest BCUT2D eigenvalue weighted by Gasteiger charge is 2.38. The van der Waals surface area contributed by atoms with Gasteiger partial charge in [0, 0.05) is 11.6 Å². The van der Waals surface area contributed by atoms with Crippen LogP contribution in [0.4, 0.5) is 10.5 Å². The number of para-hydroxylation sites is 1. The molecule has 1 saturated heterocycles. The first-order chi connectivity index (χ1) is 12.6. The minimum atomic E-state index is -0.408. The first kappa shape index (κ1) is 17.9. The van der Waals surface area contributed by atoms with Crippen molar-refractivity contribution in [3.8, 4) is 17.2 Å². The highest BCUT2D eigenvalue weighted by Crippen LogP contribution is 2.41. The number of methoxy groups -OCH3 is 3. The number of hydrogen-bond acceptors (Lipinski definition) is 6. The SMILES string of the molecule is COc1ccc(N2C(=O)S/C(=C\c3ccccc3OC)C2=O)c(OC)c1. The minimum absolute atomic E-state index is 0.317. The van der Waals surface area contributed by atoms with Crippen LogP contribution in [0.3, 0.4) is 0 Å². The van der Waals surface area contributed by atoms with E-state index in [4.69, 9.17) is 14.2 Å². The van der Waals surface area contributed by atoms with Crippen LogP contribution in [0.2, 0.25) is 0 Å². The molecule has 1 heterocycles. The topological polar surface area (TPSA) is 65.1 Å². The van der Waals surface area contributed by atoms with Gasteiger partial charge in [-0.1, -0.05) is 18.2 Å². The van der Waals surface area contributed by atoms with Crippen LogP contribution in [0.15, 0.2) is 47.4 Å². The smallest absolute Gasteiger partial charge is 0.298 e. The van der Waals surface area contributed by atoms with Gasteiger partial charge in [0.25, 0.3) is 11.1 Å².